The number of hydrogen-bond acceptors (Lipinski definition) is 5. The summed E-state index contributed by atoms with van der Waals surface area (Å²) < 4.78 is 12.1. The van der Waals surface area contributed by atoms with Crippen molar-refractivity contribution in [2.24, 2.45) is 17.3 Å². The fourth-order valence-corrected chi connectivity index (χ4v) is 3.89. The van der Waals surface area contributed by atoms with E-state index in [1.165, 1.54) is 12.1 Å². The van der Waals surface area contributed by atoms with Crippen molar-refractivity contribution in [2.45, 2.75) is 20.0 Å². The summed E-state index contributed by atoms with van der Waals surface area (Å²) >= 11 is 6.66. The fourth-order valence-electron chi connectivity index (χ4n) is 3.32. The van der Waals surface area contributed by atoms with Crippen LogP contribution in [0.5, 0.6) is 17.2 Å². The lowest BCUT2D eigenvalue weighted by molar-refractivity contribution is -0.149. The smallest absolute Gasteiger partial charge is 0.311 e. The first-order valence-electron chi connectivity index (χ1n) is 8.92. The Morgan fingerprint density at radius 1 is 1.21 bits per heavy atom. The first kappa shape index (κ1) is 21.4. The van der Waals surface area contributed by atoms with Crippen LogP contribution in [-0.4, -0.2) is 11.1 Å². The molecule has 0 bridgehead atoms. The second-order valence-corrected chi connectivity index (χ2v) is 10.2. The van der Waals surface area contributed by atoms with Crippen LogP contribution in [-0.2, 0) is 9.53 Å². The van der Waals surface area contributed by atoms with E-state index in [1.807, 2.05) is 26.0 Å². The number of benzene rings is 2. The quantitative estimate of drug-likeness (QED) is 0.459. The number of carbonyl (C=O) groups is 1. The molecule has 150 valence electrons. The summed E-state index contributed by atoms with van der Waals surface area (Å²) in [5.41, 5.74) is 0.303. The van der Waals surface area contributed by atoms with E-state index in [0.717, 1.165) is 3.39 Å². The number of phenols is 1. The highest BCUT2D eigenvalue weighted by atomic mass is 79.9. The van der Waals surface area contributed by atoms with E-state index in [4.69, 9.17) is 9.47 Å². The molecule has 0 amide bonds. The van der Waals surface area contributed by atoms with Crippen molar-refractivity contribution in [3.8, 4) is 23.3 Å². The van der Waals surface area contributed by atoms with Crippen molar-refractivity contribution in [2.75, 3.05) is 0 Å². The minimum atomic E-state index is -1.03. The van der Waals surface area contributed by atoms with E-state index in [1.54, 1.807) is 36.4 Å². The Morgan fingerprint density at radius 3 is 2.52 bits per heavy atom. The van der Waals surface area contributed by atoms with Crippen LogP contribution in [0.15, 0.2) is 58.0 Å². The zero-order valence-electron chi connectivity index (χ0n) is 15.8. The molecule has 7 heteroatoms. The number of esters is 1. The third-order valence-electron chi connectivity index (χ3n) is 5.05. The summed E-state index contributed by atoms with van der Waals surface area (Å²) in [5, 5.41) is 18.9. The molecule has 2 aromatic carbocycles. The lowest BCUT2D eigenvalue weighted by Gasteiger charge is -2.13. The molecular weight excluding hydrogens is 502 g/mol. The van der Waals surface area contributed by atoms with Crippen molar-refractivity contribution in [3.05, 3.63) is 63.6 Å². The summed E-state index contributed by atoms with van der Waals surface area (Å²) in [6.45, 7) is 3.99. The number of phenolic OH excluding ortho intramolecular Hbond substituents is 1. The minimum absolute atomic E-state index is 0.0345. The second kappa shape index (κ2) is 8.60. The summed E-state index contributed by atoms with van der Waals surface area (Å²) in [6, 6.07) is 15.2. The van der Waals surface area contributed by atoms with Gasteiger partial charge >= 0.3 is 5.97 Å². The zero-order chi connectivity index (χ0) is 21.2. The molecule has 29 heavy (non-hydrogen) atoms. The van der Waals surface area contributed by atoms with Gasteiger partial charge in [-0.3, -0.25) is 4.79 Å². The zero-order valence-corrected chi connectivity index (χ0v) is 19.0. The minimum Gasteiger partial charge on any atom is -0.508 e. The number of halogens is 2. The standard InChI is InChI=1S/C22H19Br2NO4/c1-22(2)17(11-19(23)24)20(22)21(27)29-18(12-25)13-4-3-5-16(10-13)28-15-8-6-14(26)7-9-15/h3-11,17-18,20,26H,1-2H3/t17-,18+,20-/m0/s1. The van der Waals surface area contributed by atoms with Gasteiger partial charge in [-0.15, -0.1) is 0 Å². The first-order valence-corrected chi connectivity index (χ1v) is 10.5. The van der Waals surface area contributed by atoms with E-state index in [2.05, 4.69) is 31.9 Å². The molecule has 0 aliphatic heterocycles. The number of nitrogens with zero attached hydrogens (tertiary/aromatic N) is 1. The van der Waals surface area contributed by atoms with E-state index < -0.39 is 12.1 Å². The van der Waals surface area contributed by atoms with Gasteiger partial charge in [0.1, 0.15) is 23.3 Å². The summed E-state index contributed by atoms with van der Waals surface area (Å²) in [5.74, 6) is 0.520. The number of rotatable bonds is 6. The molecule has 0 aromatic heterocycles. The van der Waals surface area contributed by atoms with Gasteiger partial charge in [-0.1, -0.05) is 32.1 Å². The normalized spacial score (nSPS) is 20.1. The number of ether oxygens (including phenoxy) is 2. The van der Waals surface area contributed by atoms with Crippen molar-refractivity contribution in [1.82, 2.24) is 0 Å². The molecule has 0 radical (unpaired) electrons. The van der Waals surface area contributed by atoms with Gasteiger partial charge < -0.3 is 14.6 Å². The molecule has 0 unspecified atom stereocenters. The van der Waals surface area contributed by atoms with Crippen LogP contribution < -0.4 is 4.74 Å². The van der Waals surface area contributed by atoms with E-state index in [0.29, 0.717) is 17.1 Å². The average Bonchev–Trinajstić information content (AvgIpc) is 3.21. The maximum absolute atomic E-state index is 12.7. The predicted molar refractivity (Wildman–Crippen MR) is 116 cm³/mol. The van der Waals surface area contributed by atoms with Crippen molar-refractivity contribution in [3.63, 3.8) is 0 Å². The van der Waals surface area contributed by atoms with Crippen LogP contribution in [0.1, 0.15) is 25.5 Å². The number of carbonyl (C=O) groups excluding carboxylic acids is 1. The molecular formula is C22H19Br2NO4. The number of nitriles is 1. The molecule has 0 spiro atoms. The van der Waals surface area contributed by atoms with E-state index >= 15 is 0 Å². The molecule has 0 heterocycles. The number of aromatic hydroxyl groups is 1. The lowest BCUT2D eigenvalue weighted by Crippen LogP contribution is -2.14. The van der Waals surface area contributed by atoms with Gasteiger partial charge in [-0.25, -0.2) is 0 Å². The van der Waals surface area contributed by atoms with Gasteiger partial charge in [-0.2, -0.15) is 5.26 Å². The molecule has 3 atom stereocenters. The highest BCUT2D eigenvalue weighted by Gasteiger charge is 2.61. The Balaban J connectivity index is 1.72. The Hall–Kier alpha value is -2.30. The molecule has 1 N–H and O–H groups in total. The highest BCUT2D eigenvalue weighted by molar-refractivity contribution is 9.28. The largest absolute Gasteiger partial charge is 0.508 e. The average molecular weight is 521 g/mol. The van der Waals surface area contributed by atoms with Gasteiger partial charge in [0.05, 0.1) is 9.31 Å². The third-order valence-corrected chi connectivity index (χ3v) is 5.58. The van der Waals surface area contributed by atoms with Crippen LogP contribution >= 0.6 is 31.9 Å². The topological polar surface area (TPSA) is 79.6 Å². The van der Waals surface area contributed by atoms with Crippen molar-refractivity contribution < 1.29 is 19.4 Å². The molecule has 1 fully saturated rings. The molecule has 1 aliphatic carbocycles. The Kier molecular flexibility index (Phi) is 6.35. The number of hydrogen-bond donors (Lipinski definition) is 1. The van der Waals surface area contributed by atoms with Gasteiger partial charge in [0.15, 0.2) is 0 Å². The summed E-state index contributed by atoms with van der Waals surface area (Å²) in [7, 11) is 0. The number of allylic oxidation sites excluding steroid dienone is 1. The molecule has 0 saturated heterocycles. The van der Waals surface area contributed by atoms with Gasteiger partial charge in [0.2, 0.25) is 6.10 Å². The third kappa shape index (κ3) is 5.01. The van der Waals surface area contributed by atoms with Crippen LogP contribution in [0.4, 0.5) is 0 Å². The molecule has 3 rings (SSSR count). The first-order chi connectivity index (χ1) is 13.7. The molecule has 2 aromatic rings. The predicted octanol–water partition coefficient (Wildman–Crippen LogP) is 6.20. The Bertz CT molecular complexity index is 975. The maximum atomic E-state index is 12.7. The summed E-state index contributed by atoms with van der Waals surface area (Å²) in [4.78, 5) is 12.7. The van der Waals surface area contributed by atoms with Crippen LogP contribution in [0.25, 0.3) is 0 Å². The van der Waals surface area contributed by atoms with Crippen molar-refractivity contribution >= 4 is 37.8 Å². The van der Waals surface area contributed by atoms with Gasteiger partial charge in [0, 0.05) is 5.56 Å². The Morgan fingerprint density at radius 2 is 1.90 bits per heavy atom. The molecule has 1 saturated carbocycles. The van der Waals surface area contributed by atoms with Crippen molar-refractivity contribution in [1.29, 1.82) is 5.26 Å². The summed E-state index contributed by atoms with van der Waals surface area (Å²) in [6.07, 6.45) is 0.902. The van der Waals surface area contributed by atoms with Gasteiger partial charge in [-0.05, 0) is 79.6 Å². The highest BCUT2D eigenvalue weighted by Crippen LogP contribution is 2.60. The fraction of sp³-hybridized carbons (Fsp3) is 0.273. The monoisotopic (exact) mass is 519 g/mol. The van der Waals surface area contributed by atoms with E-state index in [-0.39, 0.29) is 23.0 Å². The maximum Gasteiger partial charge on any atom is 0.311 e. The molecule has 5 nitrogen and oxygen atoms in total. The van der Waals surface area contributed by atoms with E-state index in [9.17, 15) is 15.2 Å². The Labute approximate surface area is 186 Å². The van der Waals surface area contributed by atoms with Crippen LogP contribution in [0.3, 0.4) is 0 Å². The SMILES string of the molecule is CC1(C)[C@H](C(=O)O[C@H](C#N)c2cccc(Oc3ccc(O)cc3)c2)[C@@H]1C=C(Br)Br. The lowest BCUT2D eigenvalue weighted by atomic mass is 10.1. The van der Waals surface area contributed by atoms with Crippen LogP contribution in [0.2, 0.25) is 0 Å². The van der Waals surface area contributed by atoms with Gasteiger partial charge in [0.25, 0.3) is 0 Å². The molecule has 1 aliphatic rings. The second-order valence-electron chi connectivity index (χ2n) is 7.40. The van der Waals surface area contributed by atoms with Crippen LogP contribution in [0, 0.1) is 28.6 Å².